The number of nitrogens with one attached hydrogen (secondary N) is 1. The van der Waals surface area contributed by atoms with E-state index >= 15 is 0 Å². The van der Waals surface area contributed by atoms with Crippen LogP contribution in [-0.2, 0) is 0 Å². The number of piperidine rings is 1. The molecule has 0 unspecified atom stereocenters. The third-order valence-electron chi connectivity index (χ3n) is 3.33. The predicted octanol–water partition coefficient (Wildman–Crippen LogP) is 1.92. The molecule has 2 heterocycles. The van der Waals surface area contributed by atoms with Crippen molar-refractivity contribution in [3.8, 4) is 0 Å². The largest absolute Gasteiger partial charge is 0.384 e. The minimum absolute atomic E-state index is 0.0992. The minimum atomic E-state index is -0.0992. The monoisotopic (exact) mass is 262 g/mol. The molecule has 0 radical (unpaired) electrons. The highest BCUT2D eigenvalue weighted by Gasteiger charge is 2.15. The van der Waals surface area contributed by atoms with E-state index in [4.69, 9.17) is 5.73 Å². The molecule has 1 aliphatic heterocycles. The number of hydrogen-bond acceptors (Lipinski definition) is 4. The molecule has 0 aliphatic carbocycles. The number of amides is 1. The van der Waals surface area contributed by atoms with Crippen molar-refractivity contribution in [1.29, 1.82) is 0 Å². The number of anilines is 1. The second-order valence-corrected chi connectivity index (χ2v) is 5.35. The summed E-state index contributed by atoms with van der Waals surface area (Å²) in [5.74, 6) is 0.554. The average molecular weight is 262 g/mol. The van der Waals surface area contributed by atoms with Gasteiger partial charge in [0.05, 0.1) is 0 Å². The van der Waals surface area contributed by atoms with Crippen molar-refractivity contribution in [2.24, 2.45) is 0 Å². The first-order valence-corrected chi connectivity index (χ1v) is 6.89. The zero-order valence-electron chi connectivity index (χ0n) is 11.6. The Labute approximate surface area is 114 Å². The quantitative estimate of drug-likeness (QED) is 0.873. The van der Waals surface area contributed by atoms with Gasteiger partial charge >= 0.3 is 0 Å². The fraction of sp³-hybridized carbons (Fsp3) is 0.571. The van der Waals surface area contributed by atoms with E-state index in [1.165, 1.54) is 6.42 Å². The molecule has 0 aromatic carbocycles. The Morgan fingerprint density at radius 2 is 2.00 bits per heavy atom. The Morgan fingerprint density at radius 1 is 1.32 bits per heavy atom. The lowest BCUT2D eigenvalue weighted by Gasteiger charge is -2.26. The molecule has 2 rings (SSSR count). The van der Waals surface area contributed by atoms with Crippen LogP contribution in [0.3, 0.4) is 0 Å². The second-order valence-electron chi connectivity index (χ2n) is 5.35. The van der Waals surface area contributed by atoms with Crippen LogP contribution >= 0.6 is 0 Å². The van der Waals surface area contributed by atoms with Gasteiger partial charge in [0, 0.05) is 24.3 Å². The average Bonchev–Trinajstić information content (AvgIpc) is 2.39. The minimum Gasteiger partial charge on any atom is -0.384 e. The molecule has 0 atom stereocenters. The van der Waals surface area contributed by atoms with Crippen LogP contribution in [0.15, 0.2) is 12.1 Å². The van der Waals surface area contributed by atoms with Gasteiger partial charge in [0.25, 0.3) is 5.91 Å². The van der Waals surface area contributed by atoms with Crippen LogP contribution in [0, 0.1) is 0 Å². The first-order valence-electron chi connectivity index (χ1n) is 6.89. The van der Waals surface area contributed by atoms with Crippen LogP contribution in [0.4, 0.5) is 5.82 Å². The summed E-state index contributed by atoms with van der Waals surface area (Å²) in [6.07, 6.45) is 3.51. The summed E-state index contributed by atoms with van der Waals surface area (Å²) in [5, 5.41) is 1.98. The van der Waals surface area contributed by atoms with Gasteiger partial charge in [0.2, 0.25) is 0 Å². The van der Waals surface area contributed by atoms with Crippen molar-refractivity contribution in [2.75, 3.05) is 18.8 Å². The van der Waals surface area contributed by atoms with Crippen molar-refractivity contribution >= 4 is 11.7 Å². The normalized spacial score (nSPS) is 16.6. The first-order chi connectivity index (χ1) is 9.06. The molecule has 1 aromatic heterocycles. The van der Waals surface area contributed by atoms with Crippen LogP contribution in [0.25, 0.3) is 0 Å². The van der Waals surface area contributed by atoms with E-state index in [0.717, 1.165) is 31.6 Å². The number of nitrogens with two attached hydrogens (primary N) is 1. The maximum Gasteiger partial charge on any atom is 0.265 e. The Morgan fingerprint density at radius 3 is 2.63 bits per heavy atom. The van der Waals surface area contributed by atoms with Crippen LogP contribution in [0.2, 0.25) is 0 Å². The van der Waals surface area contributed by atoms with Crippen molar-refractivity contribution in [3.05, 3.63) is 23.4 Å². The van der Waals surface area contributed by atoms with Crippen LogP contribution in [-0.4, -0.2) is 29.0 Å². The van der Waals surface area contributed by atoms with Gasteiger partial charge in [-0.1, -0.05) is 20.3 Å². The van der Waals surface area contributed by atoms with E-state index in [2.05, 4.69) is 10.4 Å². The lowest BCUT2D eigenvalue weighted by Crippen LogP contribution is -2.45. The highest BCUT2D eigenvalue weighted by molar-refractivity contribution is 5.94. The summed E-state index contributed by atoms with van der Waals surface area (Å²) in [6, 6.07) is 3.45. The van der Waals surface area contributed by atoms with Gasteiger partial charge in [0.15, 0.2) is 0 Å². The highest BCUT2D eigenvalue weighted by atomic mass is 16.2. The van der Waals surface area contributed by atoms with E-state index in [1.54, 1.807) is 6.07 Å². The van der Waals surface area contributed by atoms with Crippen molar-refractivity contribution < 1.29 is 4.79 Å². The summed E-state index contributed by atoms with van der Waals surface area (Å²) in [4.78, 5) is 16.5. The molecule has 3 N–H and O–H groups in total. The lowest BCUT2D eigenvalue weighted by atomic mass is 10.1. The standard InChI is InChI=1S/C14H22N4O/c1-10(2)12-8-11(9-13(15)16-12)14(19)17-18-6-4-3-5-7-18/h8-10H,3-7H2,1-2H3,(H2,15,16)(H,17,19). The number of rotatable bonds is 3. The van der Waals surface area contributed by atoms with Gasteiger partial charge in [-0.2, -0.15) is 0 Å². The van der Waals surface area contributed by atoms with E-state index in [9.17, 15) is 4.79 Å². The molecular formula is C14H22N4O. The predicted molar refractivity (Wildman–Crippen MR) is 75.6 cm³/mol. The molecule has 1 aromatic rings. The SMILES string of the molecule is CC(C)c1cc(C(=O)NN2CCCCC2)cc(N)n1. The Kier molecular flexibility index (Phi) is 4.37. The number of hydrazine groups is 1. The van der Waals surface area contributed by atoms with Gasteiger partial charge in [-0.3, -0.25) is 10.2 Å². The van der Waals surface area contributed by atoms with Crippen LogP contribution in [0.5, 0.6) is 0 Å². The van der Waals surface area contributed by atoms with Gasteiger partial charge in [-0.15, -0.1) is 0 Å². The molecule has 104 valence electrons. The molecule has 1 saturated heterocycles. The van der Waals surface area contributed by atoms with E-state index in [1.807, 2.05) is 24.9 Å². The zero-order valence-corrected chi connectivity index (χ0v) is 11.6. The number of nitrogen functional groups attached to an aromatic ring is 1. The molecule has 0 saturated carbocycles. The summed E-state index contributed by atoms with van der Waals surface area (Å²) in [7, 11) is 0. The molecule has 1 fully saturated rings. The van der Waals surface area contributed by atoms with Gasteiger partial charge in [0.1, 0.15) is 5.82 Å². The number of carbonyl (C=O) groups is 1. The molecule has 19 heavy (non-hydrogen) atoms. The summed E-state index contributed by atoms with van der Waals surface area (Å²) in [5.41, 5.74) is 10.1. The van der Waals surface area contributed by atoms with Gasteiger partial charge < -0.3 is 5.73 Å². The number of carbonyl (C=O) groups excluding carboxylic acids is 1. The van der Waals surface area contributed by atoms with E-state index in [0.29, 0.717) is 11.4 Å². The summed E-state index contributed by atoms with van der Waals surface area (Å²) >= 11 is 0. The van der Waals surface area contributed by atoms with Crippen LogP contribution < -0.4 is 11.2 Å². The molecule has 5 heteroatoms. The number of hydrogen-bond donors (Lipinski definition) is 2. The maximum atomic E-state index is 12.2. The molecular weight excluding hydrogens is 240 g/mol. The first kappa shape index (κ1) is 13.8. The highest BCUT2D eigenvalue weighted by Crippen LogP contribution is 2.16. The third kappa shape index (κ3) is 3.67. The summed E-state index contributed by atoms with van der Waals surface area (Å²) < 4.78 is 0. The zero-order chi connectivity index (χ0) is 13.8. The Bertz CT molecular complexity index is 453. The molecule has 5 nitrogen and oxygen atoms in total. The van der Waals surface area contributed by atoms with Crippen LogP contribution in [0.1, 0.15) is 55.1 Å². The Hall–Kier alpha value is -1.62. The number of aromatic nitrogens is 1. The lowest BCUT2D eigenvalue weighted by molar-refractivity contribution is 0.0750. The van der Waals surface area contributed by atoms with E-state index in [-0.39, 0.29) is 11.8 Å². The second kappa shape index (κ2) is 6.02. The van der Waals surface area contributed by atoms with Gasteiger partial charge in [-0.05, 0) is 30.9 Å². The smallest absolute Gasteiger partial charge is 0.265 e. The van der Waals surface area contributed by atoms with E-state index < -0.39 is 0 Å². The molecule has 0 spiro atoms. The van der Waals surface area contributed by atoms with Crippen molar-refractivity contribution in [2.45, 2.75) is 39.0 Å². The fourth-order valence-electron chi connectivity index (χ4n) is 2.21. The van der Waals surface area contributed by atoms with Crippen molar-refractivity contribution in [1.82, 2.24) is 15.4 Å². The number of pyridine rings is 1. The summed E-state index contributed by atoms with van der Waals surface area (Å²) in [6.45, 7) is 5.91. The third-order valence-corrected chi connectivity index (χ3v) is 3.33. The fourth-order valence-corrected chi connectivity index (χ4v) is 2.21. The van der Waals surface area contributed by atoms with Crippen molar-refractivity contribution in [3.63, 3.8) is 0 Å². The molecule has 0 bridgehead atoms. The topological polar surface area (TPSA) is 71.2 Å². The maximum absolute atomic E-state index is 12.2. The molecule has 1 aliphatic rings. The van der Waals surface area contributed by atoms with Gasteiger partial charge in [-0.25, -0.2) is 9.99 Å². The number of nitrogens with zero attached hydrogens (tertiary/aromatic N) is 2. The Balaban J connectivity index is 2.09. The molecule has 1 amide bonds.